The number of carbonyl (C=O) groups excluding carboxylic acids is 2. The lowest BCUT2D eigenvalue weighted by Gasteiger charge is -2.01. The van der Waals surface area contributed by atoms with E-state index in [-0.39, 0.29) is 12.3 Å². The Morgan fingerprint density at radius 2 is 2.22 bits per heavy atom. The minimum atomic E-state index is -0.820. The molecule has 0 saturated carbocycles. The molecule has 0 aromatic carbocycles. The van der Waals surface area contributed by atoms with Gasteiger partial charge in [-0.1, -0.05) is 0 Å². The fourth-order valence-corrected chi connectivity index (χ4v) is 1.21. The van der Waals surface area contributed by atoms with Gasteiger partial charge in [-0.15, -0.1) is 0 Å². The number of nitrogens with zero attached hydrogens (tertiary/aromatic N) is 3. The zero-order chi connectivity index (χ0) is 13.7. The summed E-state index contributed by atoms with van der Waals surface area (Å²) in [5.41, 5.74) is -0.183. The van der Waals surface area contributed by atoms with Crippen LogP contribution in [-0.4, -0.2) is 40.4 Å². The lowest BCUT2D eigenvalue weighted by molar-refractivity contribution is -0.389. The van der Waals surface area contributed by atoms with Gasteiger partial charge in [-0.3, -0.25) is 0 Å². The van der Waals surface area contributed by atoms with Gasteiger partial charge in [0.25, 0.3) is 0 Å². The summed E-state index contributed by atoms with van der Waals surface area (Å²) in [5, 5.41) is 14.1. The fraction of sp³-hybridized carbons (Fsp3) is 0.444. The van der Waals surface area contributed by atoms with Crippen LogP contribution in [0.1, 0.15) is 17.4 Å². The van der Waals surface area contributed by atoms with Crippen molar-refractivity contribution in [2.75, 3.05) is 13.7 Å². The third-order valence-electron chi connectivity index (χ3n) is 1.93. The summed E-state index contributed by atoms with van der Waals surface area (Å²) in [6.07, 6.45) is 0. The number of methoxy groups -OCH3 is 1. The van der Waals surface area contributed by atoms with E-state index in [2.05, 4.69) is 14.6 Å². The maximum atomic E-state index is 11.4. The van der Waals surface area contributed by atoms with Crippen LogP contribution in [0.4, 0.5) is 5.82 Å². The van der Waals surface area contributed by atoms with Crippen LogP contribution in [-0.2, 0) is 20.8 Å². The van der Waals surface area contributed by atoms with Crippen LogP contribution in [0, 0.1) is 10.1 Å². The van der Waals surface area contributed by atoms with E-state index in [1.54, 1.807) is 6.92 Å². The van der Waals surface area contributed by atoms with Gasteiger partial charge >= 0.3 is 17.8 Å². The van der Waals surface area contributed by atoms with Crippen LogP contribution in [0.15, 0.2) is 6.07 Å². The Labute approximate surface area is 101 Å². The van der Waals surface area contributed by atoms with Crippen molar-refractivity contribution in [3.63, 3.8) is 0 Å². The number of carbonyl (C=O) groups is 2. The summed E-state index contributed by atoms with van der Waals surface area (Å²) < 4.78 is 9.98. The molecule has 0 bridgehead atoms. The van der Waals surface area contributed by atoms with Crippen molar-refractivity contribution in [1.29, 1.82) is 0 Å². The van der Waals surface area contributed by atoms with Gasteiger partial charge in [0.15, 0.2) is 12.2 Å². The molecule has 0 atom stereocenters. The maximum Gasteiger partial charge on any atom is 0.390 e. The van der Waals surface area contributed by atoms with E-state index in [4.69, 9.17) is 0 Å². The average Bonchev–Trinajstić information content (AvgIpc) is 2.72. The first-order chi connectivity index (χ1) is 8.49. The first kappa shape index (κ1) is 13.6. The Morgan fingerprint density at radius 3 is 2.72 bits per heavy atom. The van der Waals surface area contributed by atoms with Gasteiger partial charge in [0.1, 0.15) is 0 Å². The van der Waals surface area contributed by atoms with E-state index in [0.717, 1.165) is 17.9 Å². The second-order valence-electron chi connectivity index (χ2n) is 3.10. The minimum Gasteiger partial charge on any atom is -0.465 e. The second-order valence-corrected chi connectivity index (χ2v) is 3.10. The van der Waals surface area contributed by atoms with Crippen molar-refractivity contribution in [2.45, 2.75) is 13.5 Å². The summed E-state index contributed by atoms with van der Waals surface area (Å²) in [5.74, 6) is -2.01. The molecule has 0 radical (unpaired) electrons. The van der Waals surface area contributed by atoms with Crippen LogP contribution in [0.25, 0.3) is 0 Å². The molecule has 0 fully saturated rings. The predicted molar refractivity (Wildman–Crippen MR) is 56.9 cm³/mol. The van der Waals surface area contributed by atoms with Gasteiger partial charge in [0.05, 0.1) is 24.9 Å². The molecule has 0 aliphatic rings. The fourth-order valence-electron chi connectivity index (χ4n) is 1.21. The van der Waals surface area contributed by atoms with E-state index >= 15 is 0 Å². The molecule has 98 valence electrons. The summed E-state index contributed by atoms with van der Waals surface area (Å²) in [7, 11) is 1.12. The number of esters is 2. The van der Waals surface area contributed by atoms with Gasteiger partial charge in [0.2, 0.25) is 0 Å². The normalized spacial score (nSPS) is 9.89. The van der Waals surface area contributed by atoms with Gasteiger partial charge in [-0.2, -0.15) is 4.68 Å². The van der Waals surface area contributed by atoms with E-state index in [0.29, 0.717) is 0 Å². The molecule has 0 saturated heterocycles. The third kappa shape index (κ3) is 3.03. The monoisotopic (exact) mass is 257 g/mol. The lowest BCUT2D eigenvalue weighted by Crippen LogP contribution is -2.19. The Morgan fingerprint density at radius 1 is 1.56 bits per heavy atom. The van der Waals surface area contributed by atoms with Gasteiger partial charge < -0.3 is 19.6 Å². The molecule has 18 heavy (non-hydrogen) atoms. The first-order valence-electron chi connectivity index (χ1n) is 4.95. The molecular weight excluding hydrogens is 246 g/mol. The van der Waals surface area contributed by atoms with E-state index < -0.39 is 29.2 Å². The zero-order valence-electron chi connectivity index (χ0n) is 9.78. The van der Waals surface area contributed by atoms with Crippen LogP contribution < -0.4 is 0 Å². The molecule has 1 rings (SSSR count). The lowest BCUT2D eigenvalue weighted by atomic mass is 10.4. The molecule has 0 aliphatic heterocycles. The average molecular weight is 257 g/mol. The van der Waals surface area contributed by atoms with Gasteiger partial charge in [-0.25, -0.2) is 9.59 Å². The highest BCUT2D eigenvalue weighted by atomic mass is 16.6. The van der Waals surface area contributed by atoms with Gasteiger partial charge in [-0.05, 0) is 11.8 Å². The number of hydrogen-bond acceptors (Lipinski definition) is 7. The zero-order valence-corrected chi connectivity index (χ0v) is 9.78. The number of nitro groups is 1. The SMILES string of the molecule is CCOC(=O)Cn1nc([N+](=O)[O-])cc1C(=O)OC. The van der Waals surface area contributed by atoms with Crippen molar-refractivity contribution >= 4 is 17.8 Å². The largest absolute Gasteiger partial charge is 0.465 e. The van der Waals surface area contributed by atoms with Crippen LogP contribution in [0.2, 0.25) is 0 Å². The molecule has 0 amide bonds. The standard InChI is InChI=1S/C9H11N3O6/c1-3-18-8(13)5-11-6(9(14)17-2)4-7(10-11)12(15)16/h4H,3,5H2,1-2H3. The quantitative estimate of drug-likeness (QED) is 0.418. The highest BCUT2D eigenvalue weighted by molar-refractivity contribution is 5.88. The van der Waals surface area contributed by atoms with Crippen LogP contribution >= 0.6 is 0 Å². The molecule has 1 heterocycles. The molecule has 9 heteroatoms. The van der Waals surface area contributed by atoms with Crippen molar-refractivity contribution in [2.24, 2.45) is 0 Å². The van der Waals surface area contributed by atoms with Crippen molar-refractivity contribution < 1.29 is 24.0 Å². The summed E-state index contributed by atoms with van der Waals surface area (Å²) >= 11 is 0. The first-order valence-corrected chi connectivity index (χ1v) is 4.95. The highest BCUT2D eigenvalue weighted by Crippen LogP contribution is 2.13. The number of aromatic nitrogens is 2. The molecule has 0 spiro atoms. The third-order valence-corrected chi connectivity index (χ3v) is 1.93. The Bertz CT molecular complexity index is 481. The summed E-state index contributed by atoms with van der Waals surface area (Å²) in [6, 6.07) is 0.936. The molecule has 1 aromatic heterocycles. The molecular formula is C9H11N3O6. The van der Waals surface area contributed by atoms with Gasteiger partial charge in [0, 0.05) is 0 Å². The Hall–Kier alpha value is -2.45. The summed E-state index contributed by atoms with van der Waals surface area (Å²) in [6.45, 7) is 1.38. The number of rotatable bonds is 5. The van der Waals surface area contributed by atoms with E-state index in [9.17, 15) is 19.7 Å². The summed E-state index contributed by atoms with van der Waals surface area (Å²) in [4.78, 5) is 32.4. The van der Waals surface area contributed by atoms with Crippen LogP contribution in [0.5, 0.6) is 0 Å². The maximum absolute atomic E-state index is 11.4. The molecule has 0 aliphatic carbocycles. The minimum absolute atomic E-state index is 0.162. The van der Waals surface area contributed by atoms with Crippen molar-refractivity contribution in [1.82, 2.24) is 9.78 Å². The highest BCUT2D eigenvalue weighted by Gasteiger charge is 2.25. The van der Waals surface area contributed by atoms with Crippen molar-refractivity contribution in [3.05, 3.63) is 21.9 Å². The van der Waals surface area contributed by atoms with Crippen molar-refractivity contribution in [3.8, 4) is 0 Å². The predicted octanol–water partition coefficient (Wildman–Crippen LogP) is 0.141. The number of ether oxygens (including phenoxy) is 2. The molecule has 0 N–H and O–H groups in total. The Kier molecular flexibility index (Phi) is 4.35. The van der Waals surface area contributed by atoms with E-state index in [1.165, 1.54) is 0 Å². The molecule has 0 unspecified atom stereocenters. The van der Waals surface area contributed by atoms with E-state index in [1.807, 2.05) is 0 Å². The molecule has 9 nitrogen and oxygen atoms in total. The smallest absolute Gasteiger partial charge is 0.390 e. The number of hydrogen-bond donors (Lipinski definition) is 0. The van der Waals surface area contributed by atoms with Crippen LogP contribution in [0.3, 0.4) is 0 Å². The molecule has 1 aromatic rings. The second kappa shape index (κ2) is 5.75. The Balaban J connectivity index is 3.03. The topological polar surface area (TPSA) is 114 Å².